The molecule has 1 aromatic rings. The molecule has 0 saturated carbocycles. The lowest BCUT2D eigenvalue weighted by atomic mass is 10.1. The minimum absolute atomic E-state index is 0.262. The molecule has 0 spiro atoms. The molecule has 0 aliphatic heterocycles. The zero-order valence-corrected chi connectivity index (χ0v) is 9.41. The Balaban J connectivity index is 2.68. The third-order valence-electron chi connectivity index (χ3n) is 2.10. The van der Waals surface area contributed by atoms with Gasteiger partial charge in [0.1, 0.15) is 0 Å². The van der Waals surface area contributed by atoms with Gasteiger partial charge < -0.3 is 0 Å². The van der Waals surface area contributed by atoms with E-state index in [1.807, 2.05) is 12.1 Å². The van der Waals surface area contributed by atoms with E-state index in [0.29, 0.717) is 6.42 Å². The van der Waals surface area contributed by atoms with Gasteiger partial charge in [0, 0.05) is 20.9 Å². The molecule has 0 N–H and O–H groups in total. The van der Waals surface area contributed by atoms with Crippen LogP contribution < -0.4 is 0 Å². The first-order chi connectivity index (χ1) is 5.70. The van der Waals surface area contributed by atoms with E-state index in [4.69, 9.17) is 0 Å². The van der Waals surface area contributed by atoms with Crippen LogP contribution in [0.25, 0.3) is 0 Å². The summed E-state index contributed by atoms with van der Waals surface area (Å²) < 4.78 is 2.06. The van der Waals surface area contributed by atoms with Crippen LogP contribution in [0, 0.1) is 0 Å². The number of fused-ring (bicyclic) bond motifs is 1. The Hall–Kier alpha value is -0.150. The van der Waals surface area contributed by atoms with Gasteiger partial charge in [0.2, 0.25) is 0 Å². The first kappa shape index (κ1) is 8.45. The minimum atomic E-state index is 0.262. The van der Waals surface area contributed by atoms with Crippen molar-refractivity contribution in [1.29, 1.82) is 0 Å². The standard InChI is InChI=1S/C9H6Br2O/c10-7-3-1-5-6(9(7)11)2-4-8(5)12/h1,3H,2,4H2. The van der Waals surface area contributed by atoms with Gasteiger partial charge in [-0.1, -0.05) is 0 Å². The first-order valence-corrected chi connectivity index (χ1v) is 5.29. The normalized spacial score (nSPS) is 15.0. The Morgan fingerprint density at radius 3 is 2.67 bits per heavy atom. The summed E-state index contributed by atoms with van der Waals surface area (Å²) >= 11 is 6.87. The molecule has 0 bridgehead atoms. The number of ketones is 1. The molecular weight excluding hydrogens is 284 g/mol. The monoisotopic (exact) mass is 288 g/mol. The fourth-order valence-corrected chi connectivity index (χ4v) is 2.39. The van der Waals surface area contributed by atoms with Crippen LogP contribution in [0.3, 0.4) is 0 Å². The van der Waals surface area contributed by atoms with Crippen molar-refractivity contribution in [1.82, 2.24) is 0 Å². The summed E-state index contributed by atoms with van der Waals surface area (Å²) in [4.78, 5) is 11.3. The van der Waals surface area contributed by atoms with Crippen molar-refractivity contribution in [3.63, 3.8) is 0 Å². The Bertz CT molecular complexity index is 358. The van der Waals surface area contributed by atoms with E-state index in [1.165, 1.54) is 0 Å². The van der Waals surface area contributed by atoms with Gasteiger partial charge in [0.15, 0.2) is 5.78 Å². The van der Waals surface area contributed by atoms with E-state index in [-0.39, 0.29) is 5.78 Å². The molecule has 0 saturated heterocycles. The molecule has 0 unspecified atom stereocenters. The van der Waals surface area contributed by atoms with Crippen molar-refractivity contribution in [2.75, 3.05) is 0 Å². The number of benzene rings is 1. The zero-order chi connectivity index (χ0) is 8.72. The molecule has 0 aromatic heterocycles. The topological polar surface area (TPSA) is 17.1 Å². The summed E-state index contributed by atoms with van der Waals surface area (Å²) in [5, 5.41) is 0. The molecule has 0 amide bonds. The number of halogens is 2. The van der Waals surface area contributed by atoms with Crippen LogP contribution in [0.2, 0.25) is 0 Å². The van der Waals surface area contributed by atoms with Crippen molar-refractivity contribution >= 4 is 37.6 Å². The summed E-state index contributed by atoms with van der Waals surface area (Å²) in [6.07, 6.45) is 1.53. The van der Waals surface area contributed by atoms with Crippen LogP contribution in [0.4, 0.5) is 0 Å². The van der Waals surface area contributed by atoms with Crippen molar-refractivity contribution in [3.8, 4) is 0 Å². The highest BCUT2D eigenvalue weighted by Gasteiger charge is 2.22. The van der Waals surface area contributed by atoms with Gasteiger partial charge >= 0.3 is 0 Å². The van der Waals surface area contributed by atoms with Gasteiger partial charge in [0.25, 0.3) is 0 Å². The highest BCUT2D eigenvalue weighted by atomic mass is 79.9. The number of carbonyl (C=O) groups excluding carboxylic acids is 1. The molecular formula is C9H6Br2O. The predicted molar refractivity (Wildman–Crippen MR) is 54.5 cm³/mol. The molecule has 0 heterocycles. The second kappa shape index (κ2) is 2.96. The lowest BCUT2D eigenvalue weighted by Gasteiger charge is -2.02. The van der Waals surface area contributed by atoms with E-state index < -0.39 is 0 Å². The molecule has 2 rings (SSSR count). The van der Waals surface area contributed by atoms with Crippen LogP contribution in [-0.4, -0.2) is 5.78 Å². The average Bonchev–Trinajstić information content (AvgIpc) is 2.41. The number of Topliss-reactive ketones (excluding diaryl/α,β-unsaturated/α-hetero) is 1. The fourth-order valence-electron chi connectivity index (χ4n) is 1.47. The maximum Gasteiger partial charge on any atom is 0.163 e. The molecule has 1 aliphatic rings. The van der Waals surface area contributed by atoms with Gasteiger partial charge in [0.05, 0.1) is 0 Å². The molecule has 62 valence electrons. The zero-order valence-electron chi connectivity index (χ0n) is 6.23. The van der Waals surface area contributed by atoms with Crippen molar-refractivity contribution in [2.24, 2.45) is 0 Å². The van der Waals surface area contributed by atoms with E-state index in [2.05, 4.69) is 31.9 Å². The summed E-state index contributed by atoms with van der Waals surface area (Å²) in [6, 6.07) is 3.80. The van der Waals surface area contributed by atoms with Crippen LogP contribution >= 0.6 is 31.9 Å². The van der Waals surface area contributed by atoms with Crippen molar-refractivity contribution in [2.45, 2.75) is 12.8 Å². The third-order valence-corrected chi connectivity index (χ3v) is 4.20. The van der Waals surface area contributed by atoms with Gasteiger partial charge in [-0.25, -0.2) is 0 Å². The predicted octanol–water partition coefficient (Wildman–Crippen LogP) is 3.34. The largest absolute Gasteiger partial charge is 0.294 e. The summed E-state index contributed by atoms with van der Waals surface area (Å²) in [7, 11) is 0. The van der Waals surface area contributed by atoms with E-state index in [0.717, 1.165) is 26.5 Å². The lowest BCUT2D eigenvalue weighted by Crippen LogP contribution is -1.90. The SMILES string of the molecule is O=C1CCc2c1ccc(Br)c2Br. The minimum Gasteiger partial charge on any atom is -0.294 e. The van der Waals surface area contributed by atoms with E-state index in [9.17, 15) is 4.79 Å². The first-order valence-electron chi connectivity index (χ1n) is 3.70. The highest BCUT2D eigenvalue weighted by Crippen LogP contribution is 2.34. The van der Waals surface area contributed by atoms with Crippen molar-refractivity contribution < 1.29 is 4.79 Å². The highest BCUT2D eigenvalue weighted by molar-refractivity contribution is 9.13. The Morgan fingerprint density at radius 1 is 1.17 bits per heavy atom. The van der Waals surface area contributed by atoms with Gasteiger partial charge in [-0.3, -0.25) is 4.79 Å². The summed E-state index contributed by atoms with van der Waals surface area (Å²) in [5.74, 6) is 0.262. The molecule has 1 aromatic carbocycles. The molecule has 1 nitrogen and oxygen atoms in total. The van der Waals surface area contributed by atoms with Crippen molar-refractivity contribution in [3.05, 3.63) is 32.2 Å². The number of hydrogen-bond donors (Lipinski definition) is 0. The maximum absolute atomic E-state index is 11.3. The van der Waals surface area contributed by atoms with Crippen LogP contribution in [0.1, 0.15) is 22.3 Å². The van der Waals surface area contributed by atoms with Gasteiger partial charge in [-0.2, -0.15) is 0 Å². The number of hydrogen-bond acceptors (Lipinski definition) is 1. The quantitative estimate of drug-likeness (QED) is 0.716. The fraction of sp³-hybridized carbons (Fsp3) is 0.222. The summed E-state index contributed by atoms with van der Waals surface area (Å²) in [6.45, 7) is 0. The Morgan fingerprint density at radius 2 is 1.92 bits per heavy atom. The lowest BCUT2D eigenvalue weighted by molar-refractivity contribution is 0.0994. The van der Waals surface area contributed by atoms with Crippen LogP contribution in [0.15, 0.2) is 21.1 Å². The molecule has 3 heteroatoms. The van der Waals surface area contributed by atoms with Gasteiger partial charge in [-0.15, -0.1) is 0 Å². The van der Waals surface area contributed by atoms with Crippen LogP contribution in [-0.2, 0) is 6.42 Å². The molecule has 1 aliphatic carbocycles. The molecule has 0 radical (unpaired) electrons. The van der Waals surface area contributed by atoms with E-state index in [1.54, 1.807) is 0 Å². The molecule has 0 atom stereocenters. The van der Waals surface area contributed by atoms with Gasteiger partial charge in [-0.05, 0) is 56.0 Å². The Kier molecular flexibility index (Phi) is 2.09. The Labute approximate surface area is 87.4 Å². The molecule has 12 heavy (non-hydrogen) atoms. The van der Waals surface area contributed by atoms with E-state index >= 15 is 0 Å². The maximum atomic E-state index is 11.3. The number of rotatable bonds is 0. The second-order valence-electron chi connectivity index (χ2n) is 2.81. The molecule has 0 fully saturated rings. The second-order valence-corrected chi connectivity index (χ2v) is 4.46. The summed E-state index contributed by atoms with van der Waals surface area (Å²) in [5.41, 5.74) is 2.03. The third kappa shape index (κ3) is 1.15. The van der Waals surface area contributed by atoms with Crippen LogP contribution in [0.5, 0.6) is 0 Å². The smallest absolute Gasteiger partial charge is 0.163 e. The average molecular weight is 290 g/mol. The number of carbonyl (C=O) groups is 1.